The maximum absolute atomic E-state index is 12.8. The fraction of sp³-hybridized carbons (Fsp3) is 0.211. The van der Waals surface area contributed by atoms with E-state index in [0.717, 1.165) is 21.3 Å². The molecule has 0 unspecified atom stereocenters. The van der Waals surface area contributed by atoms with Gasteiger partial charge in [-0.1, -0.05) is 0 Å². The van der Waals surface area contributed by atoms with Gasteiger partial charge in [0.15, 0.2) is 0 Å². The topological polar surface area (TPSA) is 97.2 Å². The van der Waals surface area contributed by atoms with Crippen LogP contribution < -0.4 is 15.4 Å². The quantitative estimate of drug-likeness (QED) is 0.465. The molecule has 0 radical (unpaired) electrons. The van der Waals surface area contributed by atoms with Crippen molar-refractivity contribution in [3.05, 3.63) is 42.2 Å². The smallest absolute Gasteiger partial charge is 0.141 e. The second-order valence-electron chi connectivity index (χ2n) is 6.64. The lowest BCUT2D eigenvalue weighted by atomic mass is 10.2. The minimum absolute atomic E-state index is 0.120. The number of anilines is 2. The van der Waals surface area contributed by atoms with E-state index < -0.39 is 7.14 Å². The van der Waals surface area contributed by atoms with E-state index in [9.17, 15) is 4.57 Å². The van der Waals surface area contributed by atoms with Gasteiger partial charge in [-0.05, 0) is 37.6 Å². The van der Waals surface area contributed by atoms with Gasteiger partial charge in [-0.25, -0.2) is 15.0 Å². The van der Waals surface area contributed by atoms with Gasteiger partial charge in [-0.2, -0.15) is 0 Å². The Kier molecular flexibility index (Phi) is 5.02. The van der Waals surface area contributed by atoms with Crippen LogP contribution in [0, 0.1) is 0 Å². The molecule has 0 aliphatic carbocycles. The van der Waals surface area contributed by atoms with Crippen molar-refractivity contribution in [1.29, 1.82) is 0 Å². The monoisotopic (exact) mass is 414 g/mol. The van der Waals surface area contributed by atoms with Gasteiger partial charge in [-0.15, -0.1) is 11.3 Å². The summed E-state index contributed by atoms with van der Waals surface area (Å²) in [6.45, 7) is 3.38. The fourth-order valence-electron chi connectivity index (χ4n) is 2.94. The lowest BCUT2D eigenvalue weighted by molar-refractivity contribution is 0.202. The summed E-state index contributed by atoms with van der Waals surface area (Å²) >= 11 is 1.59. The van der Waals surface area contributed by atoms with Crippen LogP contribution in [0.1, 0.15) is 0 Å². The molecule has 2 aromatic carbocycles. The molecule has 144 valence electrons. The fourth-order valence-corrected chi connectivity index (χ4v) is 4.70. The molecule has 28 heavy (non-hydrogen) atoms. The second kappa shape index (κ2) is 7.47. The zero-order valence-electron chi connectivity index (χ0n) is 15.4. The third kappa shape index (κ3) is 3.71. The molecule has 0 fully saturated rings. The minimum Gasteiger partial charge on any atom is -0.490 e. The van der Waals surface area contributed by atoms with Crippen LogP contribution >= 0.6 is 18.5 Å². The number of ether oxygens (including phenoxy) is 1. The molecule has 0 amide bonds. The summed E-state index contributed by atoms with van der Waals surface area (Å²) in [5, 5.41) is 13.7. The van der Waals surface area contributed by atoms with Gasteiger partial charge in [0.1, 0.15) is 31.6 Å². The van der Waals surface area contributed by atoms with Crippen molar-refractivity contribution >= 4 is 56.4 Å². The highest BCUT2D eigenvalue weighted by molar-refractivity contribution is 7.70. The number of aliphatic hydroxyl groups is 1. The molecule has 7 nitrogen and oxygen atoms in total. The van der Waals surface area contributed by atoms with Crippen LogP contribution in [0.2, 0.25) is 0 Å². The first kappa shape index (κ1) is 18.8. The molecule has 2 aromatic heterocycles. The molecule has 0 atom stereocenters. The Balaban J connectivity index is 1.81. The predicted molar refractivity (Wildman–Crippen MR) is 114 cm³/mol. The average molecular weight is 414 g/mol. The Morgan fingerprint density at radius 3 is 2.79 bits per heavy atom. The lowest BCUT2D eigenvalue weighted by Crippen LogP contribution is -2.13. The highest BCUT2D eigenvalue weighted by Crippen LogP contribution is 2.40. The van der Waals surface area contributed by atoms with Gasteiger partial charge in [0, 0.05) is 17.1 Å². The maximum atomic E-state index is 12.8. The van der Waals surface area contributed by atoms with E-state index in [2.05, 4.69) is 20.3 Å². The SMILES string of the molecule is CP(C)(=O)c1cc2c(Nc3ccc4scnc4c3)ncnc2cc1OCCO. The van der Waals surface area contributed by atoms with E-state index in [1.807, 2.05) is 29.8 Å². The number of fused-ring (bicyclic) bond motifs is 2. The van der Waals surface area contributed by atoms with Crippen molar-refractivity contribution in [2.24, 2.45) is 0 Å². The van der Waals surface area contributed by atoms with Crippen LogP contribution in [-0.2, 0) is 4.57 Å². The van der Waals surface area contributed by atoms with Crippen molar-refractivity contribution in [3.63, 3.8) is 0 Å². The molecule has 4 aromatic rings. The zero-order valence-corrected chi connectivity index (χ0v) is 17.1. The molecule has 9 heteroatoms. The van der Waals surface area contributed by atoms with Crippen LogP contribution in [0.4, 0.5) is 11.5 Å². The van der Waals surface area contributed by atoms with Crippen molar-refractivity contribution in [2.75, 3.05) is 31.9 Å². The summed E-state index contributed by atoms with van der Waals surface area (Å²) in [5.41, 5.74) is 4.25. The molecule has 0 spiro atoms. The van der Waals surface area contributed by atoms with Crippen LogP contribution in [0.25, 0.3) is 21.1 Å². The largest absolute Gasteiger partial charge is 0.490 e. The van der Waals surface area contributed by atoms with Gasteiger partial charge >= 0.3 is 0 Å². The minimum atomic E-state index is -2.63. The third-order valence-electron chi connectivity index (χ3n) is 4.24. The number of hydrogen-bond donors (Lipinski definition) is 2. The third-order valence-corrected chi connectivity index (χ3v) is 6.56. The number of aromatic nitrogens is 3. The zero-order chi connectivity index (χ0) is 19.7. The number of nitrogens with zero attached hydrogens (tertiary/aromatic N) is 3. The first-order chi connectivity index (χ1) is 13.5. The predicted octanol–water partition coefficient (Wildman–Crippen LogP) is 3.60. The summed E-state index contributed by atoms with van der Waals surface area (Å²) < 4.78 is 19.5. The van der Waals surface area contributed by atoms with Crippen LogP contribution in [0.15, 0.2) is 42.2 Å². The van der Waals surface area contributed by atoms with Crippen molar-refractivity contribution < 1.29 is 14.4 Å². The van der Waals surface area contributed by atoms with E-state index in [0.29, 0.717) is 22.4 Å². The molecule has 0 saturated carbocycles. The molecular formula is C19H19N4O3PS. The highest BCUT2D eigenvalue weighted by atomic mass is 32.1. The molecular weight excluding hydrogens is 395 g/mol. The summed E-state index contributed by atoms with van der Waals surface area (Å²) in [6.07, 6.45) is 1.47. The van der Waals surface area contributed by atoms with Gasteiger partial charge in [0.25, 0.3) is 0 Å². The molecule has 0 aliphatic heterocycles. The van der Waals surface area contributed by atoms with Crippen molar-refractivity contribution in [1.82, 2.24) is 15.0 Å². The number of hydrogen-bond acceptors (Lipinski definition) is 8. The normalized spacial score (nSPS) is 11.8. The Labute approximate surface area is 165 Å². The summed E-state index contributed by atoms with van der Waals surface area (Å²) in [5.74, 6) is 1.09. The molecule has 2 heterocycles. The Morgan fingerprint density at radius 1 is 1.14 bits per heavy atom. The van der Waals surface area contributed by atoms with Crippen LogP contribution in [0.5, 0.6) is 5.75 Å². The molecule has 0 bridgehead atoms. The Morgan fingerprint density at radius 2 is 2.00 bits per heavy atom. The summed E-state index contributed by atoms with van der Waals surface area (Å²) in [7, 11) is -2.63. The second-order valence-corrected chi connectivity index (χ2v) is 10.7. The van der Waals surface area contributed by atoms with E-state index in [1.54, 1.807) is 30.7 Å². The van der Waals surface area contributed by atoms with E-state index in [1.165, 1.54) is 6.33 Å². The van der Waals surface area contributed by atoms with Gasteiger partial charge in [0.05, 0.1) is 33.2 Å². The summed E-state index contributed by atoms with van der Waals surface area (Å²) in [6, 6.07) is 9.50. The first-order valence-electron chi connectivity index (χ1n) is 8.64. The molecule has 4 rings (SSSR count). The maximum Gasteiger partial charge on any atom is 0.141 e. The average Bonchev–Trinajstić information content (AvgIpc) is 3.13. The number of nitrogens with one attached hydrogen (secondary N) is 1. The van der Waals surface area contributed by atoms with Crippen molar-refractivity contribution in [2.45, 2.75) is 0 Å². The number of benzene rings is 2. The van der Waals surface area contributed by atoms with E-state index >= 15 is 0 Å². The lowest BCUT2D eigenvalue weighted by Gasteiger charge is -2.16. The molecule has 2 N–H and O–H groups in total. The van der Waals surface area contributed by atoms with Crippen molar-refractivity contribution in [3.8, 4) is 5.75 Å². The van der Waals surface area contributed by atoms with E-state index in [4.69, 9.17) is 9.84 Å². The number of aliphatic hydroxyl groups excluding tert-OH is 1. The first-order valence-corrected chi connectivity index (χ1v) is 12.1. The van der Waals surface area contributed by atoms with Gasteiger partial charge < -0.3 is 19.7 Å². The molecule has 0 aliphatic rings. The Hall–Kier alpha value is -2.54. The Bertz CT molecular complexity index is 1200. The summed E-state index contributed by atoms with van der Waals surface area (Å²) in [4.78, 5) is 13.0. The highest BCUT2D eigenvalue weighted by Gasteiger charge is 2.20. The number of thiazole rings is 1. The van der Waals surface area contributed by atoms with Gasteiger partial charge in [0.2, 0.25) is 0 Å². The van der Waals surface area contributed by atoms with Gasteiger partial charge in [-0.3, -0.25) is 0 Å². The number of rotatable bonds is 6. The van der Waals surface area contributed by atoms with Crippen LogP contribution in [0.3, 0.4) is 0 Å². The van der Waals surface area contributed by atoms with E-state index in [-0.39, 0.29) is 13.2 Å². The van der Waals surface area contributed by atoms with Crippen LogP contribution in [-0.4, -0.2) is 46.6 Å². The standard InChI is InChI=1S/C19H19N4O3PS/c1-27(2,25)17-8-13-14(9-16(17)26-6-5-24)20-10-21-19(13)23-12-3-4-18-15(7-12)22-11-28-18/h3-4,7-11,24H,5-6H2,1-2H3,(H,20,21,23). The molecule has 0 saturated heterocycles.